The average molecular weight is 440 g/mol. The Bertz CT molecular complexity index is 1170. The van der Waals surface area contributed by atoms with Crippen LogP contribution in [0.25, 0.3) is 5.52 Å². The predicted octanol–water partition coefficient (Wildman–Crippen LogP) is 3.94. The lowest BCUT2D eigenvalue weighted by Gasteiger charge is -2.35. The van der Waals surface area contributed by atoms with Crippen molar-refractivity contribution < 1.29 is 18.7 Å². The molecular weight excluding hydrogens is 414 g/mol. The standard InChI is InChI=1S/C24H26F2N4O2/c1-24(32)7-11-28(12-8-24)23(31)19-15-27-30-10-6-17(14-22(19)30)29-9-2-3-21(29)18-13-16(25)4-5-20(18)26/h4-6,10,13-15,21,32H,2-3,7-9,11-12H2,1H3/t21-/m1/s1. The molecule has 1 amide bonds. The minimum Gasteiger partial charge on any atom is -0.390 e. The number of benzene rings is 1. The molecule has 2 aliphatic rings. The average Bonchev–Trinajstić information content (AvgIpc) is 3.41. The first-order valence-corrected chi connectivity index (χ1v) is 11.0. The van der Waals surface area contributed by atoms with Crippen molar-refractivity contribution in [3.05, 3.63) is 65.5 Å². The number of carbonyl (C=O) groups excluding carboxylic acids is 1. The monoisotopic (exact) mass is 440 g/mol. The van der Waals surface area contributed by atoms with Crippen LogP contribution >= 0.6 is 0 Å². The summed E-state index contributed by atoms with van der Waals surface area (Å²) in [6.07, 6.45) is 6.03. The van der Waals surface area contributed by atoms with E-state index in [9.17, 15) is 18.7 Å². The number of nitrogens with zero attached hydrogens (tertiary/aromatic N) is 4. The number of carbonyl (C=O) groups is 1. The van der Waals surface area contributed by atoms with Crippen molar-refractivity contribution in [2.45, 2.75) is 44.2 Å². The second kappa shape index (κ2) is 7.85. The van der Waals surface area contributed by atoms with Gasteiger partial charge in [-0.3, -0.25) is 4.79 Å². The fourth-order valence-electron chi connectivity index (χ4n) is 4.84. The number of halogens is 2. The van der Waals surface area contributed by atoms with Crippen LogP contribution in [0.15, 0.2) is 42.7 Å². The zero-order valence-electron chi connectivity index (χ0n) is 18.0. The van der Waals surface area contributed by atoms with Gasteiger partial charge in [-0.15, -0.1) is 0 Å². The van der Waals surface area contributed by atoms with Gasteiger partial charge < -0.3 is 14.9 Å². The van der Waals surface area contributed by atoms with E-state index < -0.39 is 17.2 Å². The third kappa shape index (κ3) is 3.72. The molecule has 32 heavy (non-hydrogen) atoms. The Morgan fingerprint density at radius 2 is 1.94 bits per heavy atom. The second-order valence-electron chi connectivity index (χ2n) is 9.08. The van der Waals surface area contributed by atoms with Crippen LogP contribution in [0.5, 0.6) is 0 Å². The smallest absolute Gasteiger partial charge is 0.257 e. The Hall–Kier alpha value is -3.00. The number of anilines is 1. The van der Waals surface area contributed by atoms with E-state index >= 15 is 0 Å². The molecule has 0 spiro atoms. The summed E-state index contributed by atoms with van der Waals surface area (Å²) in [5.41, 5.74) is 1.64. The lowest BCUT2D eigenvalue weighted by atomic mass is 9.93. The van der Waals surface area contributed by atoms with Crippen molar-refractivity contribution in [3.63, 3.8) is 0 Å². The SMILES string of the molecule is CC1(O)CCN(C(=O)c2cnn3ccc(N4CCC[C@@H]4c4cc(F)ccc4F)cc23)CC1. The first-order valence-electron chi connectivity index (χ1n) is 11.0. The lowest BCUT2D eigenvalue weighted by Crippen LogP contribution is -2.45. The second-order valence-corrected chi connectivity index (χ2v) is 9.08. The van der Waals surface area contributed by atoms with Gasteiger partial charge in [0.05, 0.1) is 28.9 Å². The Kier molecular flexibility index (Phi) is 5.12. The Labute approximate surface area is 185 Å². The first-order chi connectivity index (χ1) is 15.3. The zero-order valence-corrected chi connectivity index (χ0v) is 18.0. The number of hydrogen-bond donors (Lipinski definition) is 1. The maximum absolute atomic E-state index is 14.5. The van der Waals surface area contributed by atoms with E-state index in [4.69, 9.17) is 0 Å². The van der Waals surface area contributed by atoms with E-state index in [1.54, 1.807) is 28.7 Å². The molecule has 1 aromatic carbocycles. The topological polar surface area (TPSA) is 61.1 Å². The van der Waals surface area contributed by atoms with Gasteiger partial charge in [0.15, 0.2) is 0 Å². The van der Waals surface area contributed by atoms with E-state index in [0.717, 1.165) is 31.1 Å². The number of fused-ring (bicyclic) bond motifs is 1. The Balaban J connectivity index is 1.46. The van der Waals surface area contributed by atoms with Crippen LogP contribution < -0.4 is 4.90 Å². The van der Waals surface area contributed by atoms with Crippen LogP contribution in [0, 0.1) is 11.6 Å². The summed E-state index contributed by atoms with van der Waals surface area (Å²) in [4.78, 5) is 17.0. The number of likely N-dealkylation sites (tertiary alicyclic amines) is 1. The molecule has 4 heterocycles. The predicted molar refractivity (Wildman–Crippen MR) is 117 cm³/mol. The van der Waals surface area contributed by atoms with Crippen LogP contribution in [0.2, 0.25) is 0 Å². The largest absolute Gasteiger partial charge is 0.390 e. The molecule has 2 fully saturated rings. The van der Waals surface area contributed by atoms with Crippen molar-refractivity contribution in [2.75, 3.05) is 24.5 Å². The number of aliphatic hydroxyl groups is 1. The molecule has 2 saturated heterocycles. The molecule has 0 bridgehead atoms. The molecule has 5 rings (SSSR count). The summed E-state index contributed by atoms with van der Waals surface area (Å²) in [6.45, 7) is 3.51. The van der Waals surface area contributed by atoms with Gasteiger partial charge in [-0.05, 0) is 62.9 Å². The van der Waals surface area contributed by atoms with Gasteiger partial charge >= 0.3 is 0 Å². The molecule has 1 N–H and O–H groups in total. The molecule has 3 aromatic rings. The summed E-state index contributed by atoms with van der Waals surface area (Å²) in [6, 6.07) is 7.11. The van der Waals surface area contributed by atoms with Crippen LogP contribution in [-0.4, -0.2) is 50.8 Å². The number of piperidine rings is 1. The fourth-order valence-corrected chi connectivity index (χ4v) is 4.84. The number of aromatic nitrogens is 2. The van der Waals surface area contributed by atoms with Gasteiger partial charge in [-0.25, -0.2) is 13.3 Å². The third-order valence-corrected chi connectivity index (χ3v) is 6.76. The molecule has 2 aliphatic heterocycles. The van der Waals surface area contributed by atoms with Gasteiger partial charge in [-0.2, -0.15) is 5.10 Å². The highest BCUT2D eigenvalue weighted by Gasteiger charge is 2.32. The molecule has 168 valence electrons. The van der Waals surface area contributed by atoms with E-state index in [0.29, 0.717) is 42.6 Å². The highest BCUT2D eigenvalue weighted by atomic mass is 19.1. The van der Waals surface area contributed by atoms with Crippen molar-refractivity contribution >= 4 is 17.1 Å². The fraction of sp³-hybridized carbons (Fsp3) is 0.417. The van der Waals surface area contributed by atoms with E-state index in [1.165, 1.54) is 12.1 Å². The number of hydrogen-bond acceptors (Lipinski definition) is 4. The van der Waals surface area contributed by atoms with Crippen molar-refractivity contribution in [1.82, 2.24) is 14.5 Å². The summed E-state index contributed by atoms with van der Waals surface area (Å²) >= 11 is 0. The first kappa shape index (κ1) is 20.9. The zero-order chi connectivity index (χ0) is 22.5. The summed E-state index contributed by atoms with van der Waals surface area (Å²) < 4.78 is 29.9. The van der Waals surface area contributed by atoms with Crippen LogP contribution in [-0.2, 0) is 0 Å². The number of pyridine rings is 1. The molecule has 8 heteroatoms. The minimum absolute atomic E-state index is 0.109. The van der Waals surface area contributed by atoms with Gasteiger partial charge in [0.25, 0.3) is 5.91 Å². The summed E-state index contributed by atoms with van der Waals surface area (Å²) in [5, 5.41) is 14.5. The lowest BCUT2D eigenvalue weighted by molar-refractivity contribution is -0.00196. The Morgan fingerprint density at radius 3 is 2.72 bits per heavy atom. The maximum atomic E-state index is 14.5. The quantitative estimate of drug-likeness (QED) is 0.670. The molecule has 0 unspecified atom stereocenters. The van der Waals surface area contributed by atoms with E-state index in [-0.39, 0.29) is 11.9 Å². The van der Waals surface area contributed by atoms with Crippen molar-refractivity contribution in [1.29, 1.82) is 0 Å². The maximum Gasteiger partial charge on any atom is 0.257 e. The molecule has 1 atom stereocenters. The van der Waals surface area contributed by atoms with Crippen LogP contribution in [0.4, 0.5) is 14.5 Å². The highest BCUT2D eigenvalue weighted by molar-refractivity contribution is 6.01. The minimum atomic E-state index is -0.734. The van der Waals surface area contributed by atoms with Crippen LogP contribution in [0.3, 0.4) is 0 Å². The number of amides is 1. The Morgan fingerprint density at radius 1 is 1.16 bits per heavy atom. The van der Waals surface area contributed by atoms with Gasteiger partial charge in [-0.1, -0.05) is 0 Å². The van der Waals surface area contributed by atoms with Gasteiger partial charge in [0.2, 0.25) is 0 Å². The van der Waals surface area contributed by atoms with Crippen molar-refractivity contribution in [2.24, 2.45) is 0 Å². The molecule has 0 saturated carbocycles. The number of rotatable bonds is 3. The highest BCUT2D eigenvalue weighted by Crippen LogP contribution is 2.38. The van der Waals surface area contributed by atoms with Gasteiger partial charge in [0.1, 0.15) is 11.6 Å². The van der Waals surface area contributed by atoms with E-state index in [2.05, 4.69) is 10.00 Å². The normalized spacial score (nSPS) is 20.8. The molecule has 2 aromatic heterocycles. The third-order valence-electron chi connectivity index (χ3n) is 6.76. The van der Waals surface area contributed by atoms with Crippen LogP contribution in [0.1, 0.15) is 54.6 Å². The summed E-state index contributed by atoms with van der Waals surface area (Å²) in [5.74, 6) is -0.972. The van der Waals surface area contributed by atoms with Gasteiger partial charge in [0, 0.05) is 37.1 Å². The summed E-state index contributed by atoms with van der Waals surface area (Å²) in [7, 11) is 0. The molecule has 0 aliphatic carbocycles. The van der Waals surface area contributed by atoms with Crippen molar-refractivity contribution in [3.8, 4) is 0 Å². The molecule has 6 nitrogen and oxygen atoms in total. The molecular formula is C24H26F2N4O2. The van der Waals surface area contributed by atoms with E-state index in [1.807, 2.05) is 12.1 Å². The molecule has 0 radical (unpaired) electrons.